The van der Waals surface area contributed by atoms with Crippen LogP contribution in [0.15, 0.2) is 72.8 Å². The zero-order valence-electron chi connectivity index (χ0n) is 17.5. The normalized spacial score (nSPS) is 11.2. The van der Waals surface area contributed by atoms with Crippen LogP contribution in [0.25, 0.3) is 0 Å². The van der Waals surface area contributed by atoms with Crippen LogP contribution in [0, 0.1) is 20.8 Å². The number of hydrogen-bond donors (Lipinski definition) is 0. The molecule has 0 aliphatic rings. The average Bonchev–Trinajstić information content (AvgIpc) is 2.66. The number of benzene rings is 3. The van der Waals surface area contributed by atoms with E-state index in [1.54, 1.807) is 0 Å². The summed E-state index contributed by atoms with van der Waals surface area (Å²) in [4.78, 5) is 0. The molecule has 0 heterocycles. The smallest absolute Gasteiger partial charge is 0.418 e. The van der Waals surface area contributed by atoms with Crippen LogP contribution in [0.3, 0.4) is 0 Å². The Labute approximate surface area is 179 Å². The molecule has 3 aromatic carbocycles. The number of aryl methyl sites for hydroxylation is 3. The van der Waals surface area contributed by atoms with Gasteiger partial charge in [0, 0.05) is 27.6 Å². The lowest BCUT2D eigenvalue weighted by molar-refractivity contribution is 0.368. The van der Waals surface area contributed by atoms with Gasteiger partial charge in [0.2, 0.25) is 0 Å². The predicted molar refractivity (Wildman–Crippen MR) is 122 cm³/mol. The molecule has 0 spiro atoms. The highest BCUT2D eigenvalue weighted by Gasteiger charge is 2.21. The van der Waals surface area contributed by atoms with E-state index in [1.165, 1.54) is 33.4 Å². The van der Waals surface area contributed by atoms with E-state index in [-0.39, 0.29) is 0 Å². The Bertz CT molecular complexity index is 770. The molecule has 30 heavy (non-hydrogen) atoms. The topological polar surface area (TPSA) is 0 Å². The molecule has 0 unspecified atom stereocenters. The van der Waals surface area contributed by atoms with E-state index in [4.69, 9.17) is 0 Å². The average molecular weight is 434 g/mol. The molecule has 0 nitrogen and oxygen atoms in total. The Kier molecular flexibility index (Phi) is 9.03. The highest BCUT2D eigenvalue weighted by Crippen LogP contribution is 2.21. The molecule has 6 heteroatoms. The number of hydrogen-bond acceptors (Lipinski definition) is 0. The van der Waals surface area contributed by atoms with Crippen LogP contribution in [0.5, 0.6) is 0 Å². The molecule has 0 amide bonds. The van der Waals surface area contributed by atoms with E-state index in [2.05, 4.69) is 93.6 Å². The summed E-state index contributed by atoms with van der Waals surface area (Å²) in [5, 5.41) is 0. The quantitative estimate of drug-likeness (QED) is 0.215. The maximum Gasteiger partial charge on any atom is 0.673 e. The van der Waals surface area contributed by atoms with E-state index in [1.807, 2.05) is 0 Å². The molecule has 0 aliphatic heterocycles. The molecular weight excluding hydrogens is 407 g/mol. The van der Waals surface area contributed by atoms with Gasteiger partial charge in [0.05, 0.1) is 0 Å². The van der Waals surface area contributed by atoms with Crippen LogP contribution < -0.4 is 0 Å². The molecule has 0 aliphatic carbocycles. The molecule has 0 N–H and O–H groups in total. The second kappa shape index (κ2) is 11.3. The molecule has 3 aromatic rings. The molecule has 0 aromatic heterocycles. The summed E-state index contributed by atoms with van der Waals surface area (Å²) in [6.07, 6.45) is 0. The summed E-state index contributed by atoms with van der Waals surface area (Å²) in [6, 6.07) is 27.1. The maximum absolute atomic E-state index is 9.75. The van der Waals surface area contributed by atoms with Crippen molar-refractivity contribution in [2.45, 2.75) is 38.0 Å². The molecule has 3 rings (SSSR count). The van der Waals surface area contributed by atoms with Gasteiger partial charge in [-0.15, -0.1) is 0 Å². The molecule has 160 valence electrons. The van der Waals surface area contributed by atoms with Crippen LogP contribution in [0.1, 0.15) is 33.4 Å². The van der Waals surface area contributed by atoms with Crippen molar-refractivity contribution in [2.75, 3.05) is 0 Å². The first-order chi connectivity index (χ1) is 14.1. The Balaban J connectivity index is 0.000000575. The molecule has 0 saturated heterocycles. The number of rotatable bonds is 6. The highest BCUT2D eigenvalue weighted by atomic mass is 32.2. The van der Waals surface area contributed by atoms with E-state index >= 15 is 0 Å². The number of halogens is 4. The minimum absolute atomic E-state index is 0.303. The van der Waals surface area contributed by atoms with E-state index < -0.39 is 7.25 Å². The van der Waals surface area contributed by atoms with Crippen LogP contribution in [-0.2, 0) is 28.2 Å². The van der Waals surface area contributed by atoms with Crippen molar-refractivity contribution < 1.29 is 17.3 Å². The molecule has 0 saturated carbocycles. The summed E-state index contributed by atoms with van der Waals surface area (Å²) in [7, 11) is -5.70. The van der Waals surface area contributed by atoms with Crippen LogP contribution in [0.2, 0.25) is 0 Å². The molecule has 0 bridgehead atoms. The SMILES string of the molecule is Cc1ccc(C[S+](Cc2ccc(C)cc2)Cc2ccc(C)cc2)cc1.F[B-](F)(F)F. The fourth-order valence-electron chi connectivity index (χ4n) is 2.91. The van der Waals surface area contributed by atoms with Crippen LogP contribution in [-0.4, -0.2) is 7.25 Å². The van der Waals surface area contributed by atoms with Crippen molar-refractivity contribution >= 4 is 18.1 Å². The monoisotopic (exact) mass is 434 g/mol. The lowest BCUT2D eigenvalue weighted by atomic mass is 10.2. The van der Waals surface area contributed by atoms with Crippen molar-refractivity contribution in [1.29, 1.82) is 0 Å². The first kappa shape index (κ1) is 24.1. The van der Waals surface area contributed by atoms with Crippen LogP contribution in [0.4, 0.5) is 17.3 Å². The van der Waals surface area contributed by atoms with Gasteiger partial charge in [-0.2, -0.15) is 0 Å². The Morgan fingerprint density at radius 3 is 0.900 bits per heavy atom. The van der Waals surface area contributed by atoms with Gasteiger partial charge in [-0.25, -0.2) is 0 Å². The van der Waals surface area contributed by atoms with Gasteiger partial charge in [0.15, 0.2) is 0 Å². The lowest BCUT2D eigenvalue weighted by Gasteiger charge is -2.11. The predicted octanol–water partition coefficient (Wildman–Crippen LogP) is 7.43. The first-order valence-corrected chi connectivity index (χ1v) is 11.5. The third-order valence-corrected chi connectivity index (χ3v) is 6.70. The lowest BCUT2D eigenvalue weighted by Crippen LogP contribution is -2.12. The third-order valence-electron chi connectivity index (χ3n) is 4.47. The molecule has 0 radical (unpaired) electrons. The largest absolute Gasteiger partial charge is 0.673 e. The molecule has 0 atom stereocenters. The Hall–Kier alpha value is -2.21. The first-order valence-electron chi connectivity index (χ1n) is 9.76. The standard InChI is InChI=1S/C24H27S.BF4/c1-19-4-10-22(11-5-19)16-25(17-23-12-6-20(2)7-13-23)18-24-14-8-21(3)9-15-24;2-1(3,4)5/h4-15H,16-18H2,1-3H3;/q+1;-1. The van der Waals surface area contributed by atoms with Crippen molar-refractivity contribution in [3.05, 3.63) is 106 Å². The summed E-state index contributed by atoms with van der Waals surface area (Å²) >= 11 is 0. The highest BCUT2D eigenvalue weighted by molar-refractivity contribution is 7.94. The van der Waals surface area contributed by atoms with Gasteiger partial charge >= 0.3 is 7.25 Å². The fourth-order valence-corrected chi connectivity index (χ4v) is 5.21. The van der Waals surface area contributed by atoms with Gasteiger partial charge in [0.25, 0.3) is 0 Å². The molecular formula is C24H27BF4S. The van der Waals surface area contributed by atoms with Gasteiger partial charge in [-0.05, 0) is 20.8 Å². The zero-order chi connectivity index (χ0) is 22.1. The van der Waals surface area contributed by atoms with Crippen molar-refractivity contribution in [3.63, 3.8) is 0 Å². The van der Waals surface area contributed by atoms with E-state index in [9.17, 15) is 17.3 Å². The fraction of sp³-hybridized carbons (Fsp3) is 0.250. The minimum atomic E-state index is -6.00. The summed E-state index contributed by atoms with van der Waals surface area (Å²) < 4.78 is 39.0. The van der Waals surface area contributed by atoms with Gasteiger partial charge in [0.1, 0.15) is 17.3 Å². The van der Waals surface area contributed by atoms with E-state index in [0.717, 1.165) is 17.3 Å². The Morgan fingerprint density at radius 2 is 0.700 bits per heavy atom. The minimum Gasteiger partial charge on any atom is -0.418 e. The maximum atomic E-state index is 9.75. The van der Waals surface area contributed by atoms with Crippen molar-refractivity contribution in [1.82, 2.24) is 0 Å². The van der Waals surface area contributed by atoms with Crippen molar-refractivity contribution in [3.8, 4) is 0 Å². The zero-order valence-corrected chi connectivity index (χ0v) is 18.4. The second-order valence-corrected chi connectivity index (χ2v) is 9.59. The summed E-state index contributed by atoms with van der Waals surface area (Å²) in [5.41, 5.74) is 8.36. The van der Waals surface area contributed by atoms with Gasteiger partial charge < -0.3 is 17.3 Å². The third kappa shape index (κ3) is 10.0. The van der Waals surface area contributed by atoms with E-state index in [0.29, 0.717) is 10.9 Å². The van der Waals surface area contributed by atoms with Gasteiger partial charge in [-0.3, -0.25) is 0 Å². The van der Waals surface area contributed by atoms with Gasteiger partial charge in [-0.1, -0.05) is 89.5 Å². The second-order valence-electron chi connectivity index (χ2n) is 7.50. The van der Waals surface area contributed by atoms with Crippen molar-refractivity contribution in [2.24, 2.45) is 0 Å². The Morgan fingerprint density at radius 1 is 0.500 bits per heavy atom. The summed E-state index contributed by atoms with van der Waals surface area (Å²) in [5.74, 6) is 3.46. The summed E-state index contributed by atoms with van der Waals surface area (Å²) in [6.45, 7) is 6.46. The molecule has 0 fully saturated rings. The van der Waals surface area contributed by atoms with Crippen LogP contribution >= 0.6 is 0 Å².